The highest BCUT2D eigenvalue weighted by Gasteiger charge is 2.05. The van der Waals surface area contributed by atoms with Crippen molar-refractivity contribution in [2.75, 3.05) is 0 Å². The number of halogens is 1. The van der Waals surface area contributed by atoms with Gasteiger partial charge < -0.3 is 10.8 Å². The van der Waals surface area contributed by atoms with E-state index in [2.05, 4.69) is 20.9 Å². The molecule has 12 heavy (non-hydrogen) atoms. The van der Waals surface area contributed by atoms with E-state index in [-0.39, 0.29) is 12.2 Å². The molecule has 5 heteroatoms. The molecule has 3 N–H and O–H groups in total. The van der Waals surface area contributed by atoms with Crippen LogP contribution in [0.4, 0.5) is 0 Å². The molecule has 1 heterocycles. The minimum atomic E-state index is -0.514. The van der Waals surface area contributed by atoms with Gasteiger partial charge in [-0.3, -0.25) is 9.78 Å². The largest absolute Gasteiger partial charge is 0.506 e. The molecule has 4 nitrogen and oxygen atoms in total. The first-order valence-electron chi connectivity index (χ1n) is 3.21. The van der Waals surface area contributed by atoms with Crippen LogP contribution in [0.3, 0.4) is 0 Å². The lowest BCUT2D eigenvalue weighted by Gasteiger charge is -2.00. The maximum atomic E-state index is 10.5. The molecular formula is C7H7BrN2O2. The smallest absolute Gasteiger partial charge is 0.223 e. The molecular weight excluding hydrogens is 224 g/mol. The van der Waals surface area contributed by atoms with Crippen molar-refractivity contribution in [3.8, 4) is 5.75 Å². The van der Waals surface area contributed by atoms with Crippen molar-refractivity contribution in [2.45, 2.75) is 6.42 Å². The summed E-state index contributed by atoms with van der Waals surface area (Å²) in [6.07, 6.45) is 1.46. The number of amides is 1. The van der Waals surface area contributed by atoms with Gasteiger partial charge in [-0.15, -0.1) is 0 Å². The zero-order valence-electron chi connectivity index (χ0n) is 6.12. The summed E-state index contributed by atoms with van der Waals surface area (Å²) in [7, 11) is 0. The molecule has 0 atom stereocenters. The van der Waals surface area contributed by atoms with Crippen LogP contribution in [0.1, 0.15) is 5.69 Å². The van der Waals surface area contributed by atoms with Crippen LogP contribution in [-0.2, 0) is 11.2 Å². The summed E-state index contributed by atoms with van der Waals surface area (Å²) in [6.45, 7) is 0. The lowest BCUT2D eigenvalue weighted by molar-refractivity contribution is -0.117. The van der Waals surface area contributed by atoms with Gasteiger partial charge in [0.2, 0.25) is 5.91 Å². The van der Waals surface area contributed by atoms with Gasteiger partial charge in [-0.2, -0.15) is 0 Å². The summed E-state index contributed by atoms with van der Waals surface area (Å²) in [6, 6.07) is 1.46. The molecule has 0 saturated heterocycles. The number of aromatic nitrogens is 1. The van der Waals surface area contributed by atoms with E-state index in [1.165, 1.54) is 12.3 Å². The number of primary amides is 1. The number of carbonyl (C=O) groups is 1. The Morgan fingerprint density at radius 2 is 2.42 bits per heavy atom. The van der Waals surface area contributed by atoms with Gasteiger partial charge >= 0.3 is 0 Å². The molecule has 1 amide bonds. The Morgan fingerprint density at radius 3 is 2.92 bits per heavy atom. The van der Waals surface area contributed by atoms with Crippen molar-refractivity contribution in [1.82, 2.24) is 4.98 Å². The van der Waals surface area contributed by atoms with E-state index < -0.39 is 5.91 Å². The molecule has 0 aliphatic heterocycles. The average molecular weight is 231 g/mol. The second kappa shape index (κ2) is 3.53. The zero-order chi connectivity index (χ0) is 9.14. The molecule has 0 spiro atoms. The van der Waals surface area contributed by atoms with E-state index >= 15 is 0 Å². The predicted octanol–water partition coefficient (Wildman–Crippen LogP) is 0.577. The fraction of sp³-hybridized carbons (Fsp3) is 0.143. The summed E-state index contributed by atoms with van der Waals surface area (Å²) in [4.78, 5) is 14.3. The minimum absolute atomic E-state index is 0.0248. The van der Waals surface area contributed by atoms with E-state index in [1.54, 1.807) is 0 Å². The third-order valence-electron chi connectivity index (χ3n) is 1.26. The van der Waals surface area contributed by atoms with Gasteiger partial charge in [0.05, 0.1) is 12.1 Å². The van der Waals surface area contributed by atoms with Crippen LogP contribution in [0.5, 0.6) is 5.75 Å². The van der Waals surface area contributed by atoms with Crippen molar-refractivity contribution in [1.29, 1.82) is 0 Å². The molecule has 0 aromatic carbocycles. The van der Waals surface area contributed by atoms with E-state index in [4.69, 9.17) is 5.73 Å². The number of aromatic hydroxyl groups is 1. The van der Waals surface area contributed by atoms with Crippen molar-refractivity contribution in [3.63, 3.8) is 0 Å². The number of pyridine rings is 1. The number of rotatable bonds is 2. The van der Waals surface area contributed by atoms with Crippen LogP contribution in [0.2, 0.25) is 0 Å². The first-order valence-corrected chi connectivity index (χ1v) is 4.00. The molecule has 0 aliphatic carbocycles. The topological polar surface area (TPSA) is 76.2 Å². The van der Waals surface area contributed by atoms with Gasteiger partial charge in [0, 0.05) is 10.7 Å². The number of hydrogen-bond acceptors (Lipinski definition) is 3. The lowest BCUT2D eigenvalue weighted by Crippen LogP contribution is -2.14. The summed E-state index contributed by atoms with van der Waals surface area (Å²) < 4.78 is 0.660. The number of nitrogens with zero attached hydrogens (tertiary/aromatic N) is 1. The van der Waals surface area contributed by atoms with Crippen LogP contribution < -0.4 is 5.73 Å². The summed E-state index contributed by atoms with van der Waals surface area (Å²) in [5.74, 6) is -0.539. The van der Waals surface area contributed by atoms with E-state index in [0.29, 0.717) is 10.2 Å². The molecule has 0 saturated carbocycles. The lowest BCUT2D eigenvalue weighted by atomic mass is 10.2. The van der Waals surface area contributed by atoms with Gasteiger partial charge in [0.15, 0.2) is 0 Å². The standard InChI is InChI=1S/C7H7BrN2O2/c8-4-1-6(11)5(10-3-4)2-7(9)12/h1,3,11H,2H2,(H2,9,12). The summed E-state index contributed by atoms with van der Waals surface area (Å²) in [5.41, 5.74) is 5.23. The molecule has 0 unspecified atom stereocenters. The van der Waals surface area contributed by atoms with E-state index in [0.717, 1.165) is 0 Å². The second-order valence-electron chi connectivity index (χ2n) is 2.26. The SMILES string of the molecule is NC(=O)Cc1ncc(Br)cc1O. The molecule has 0 bridgehead atoms. The number of nitrogens with two attached hydrogens (primary N) is 1. The predicted molar refractivity (Wildman–Crippen MR) is 46.5 cm³/mol. The maximum absolute atomic E-state index is 10.5. The Balaban J connectivity index is 2.93. The average Bonchev–Trinajstić information content (AvgIpc) is 1.94. The highest BCUT2D eigenvalue weighted by molar-refractivity contribution is 9.10. The third kappa shape index (κ3) is 2.20. The van der Waals surface area contributed by atoms with Crippen LogP contribution in [0.25, 0.3) is 0 Å². The van der Waals surface area contributed by atoms with Gasteiger partial charge in [-0.1, -0.05) is 0 Å². The minimum Gasteiger partial charge on any atom is -0.506 e. The van der Waals surface area contributed by atoms with Gasteiger partial charge in [-0.25, -0.2) is 0 Å². The zero-order valence-corrected chi connectivity index (χ0v) is 7.71. The van der Waals surface area contributed by atoms with Crippen LogP contribution in [-0.4, -0.2) is 16.0 Å². The molecule has 0 aliphatic rings. The van der Waals surface area contributed by atoms with Crippen LogP contribution in [0.15, 0.2) is 16.7 Å². The maximum Gasteiger partial charge on any atom is 0.223 e. The molecule has 1 aromatic rings. The second-order valence-corrected chi connectivity index (χ2v) is 3.18. The fourth-order valence-electron chi connectivity index (χ4n) is 0.758. The quantitative estimate of drug-likeness (QED) is 0.781. The Morgan fingerprint density at radius 1 is 1.75 bits per heavy atom. The molecule has 64 valence electrons. The first-order chi connectivity index (χ1) is 5.59. The Bertz CT molecular complexity index is 314. The van der Waals surface area contributed by atoms with Crippen LogP contribution in [0, 0.1) is 0 Å². The van der Waals surface area contributed by atoms with Crippen molar-refractivity contribution < 1.29 is 9.90 Å². The molecule has 1 aromatic heterocycles. The molecule has 0 radical (unpaired) electrons. The summed E-state index contributed by atoms with van der Waals surface area (Å²) >= 11 is 3.12. The third-order valence-corrected chi connectivity index (χ3v) is 1.69. The number of hydrogen-bond donors (Lipinski definition) is 2. The Hall–Kier alpha value is -1.10. The van der Waals surface area contributed by atoms with Crippen LogP contribution >= 0.6 is 15.9 Å². The highest BCUT2D eigenvalue weighted by atomic mass is 79.9. The normalized spacial score (nSPS) is 9.75. The molecule has 1 rings (SSSR count). The Kier molecular flexibility index (Phi) is 2.65. The van der Waals surface area contributed by atoms with E-state index in [9.17, 15) is 9.90 Å². The van der Waals surface area contributed by atoms with Crippen molar-refractivity contribution >= 4 is 21.8 Å². The van der Waals surface area contributed by atoms with Gasteiger partial charge in [-0.05, 0) is 22.0 Å². The fourth-order valence-corrected chi connectivity index (χ4v) is 1.08. The summed E-state index contributed by atoms with van der Waals surface area (Å²) in [5, 5.41) is 9.24. The van der Waals surface area contributed by atoms with Crippen molar-refractivity contribution in [3.05, 3.63) is 22.4 Å². The monoisotopic (exact) mass is 230 g/mol. The van der Waals surface area contributed by atoms with Gasteiger partial charge in [0.1, 0.15) is 5.75 Å². The van der Waals surface area contributed by atoms with Gasteiger partial charge in [0.25, 0.3) is 0 Å². The molecule has 0 fully saturated rings. The highest BCUT2D eigenvalue weighted by Crippen LogP contribution is 2.19. The first kappa shape index (κ1) is 8.99. The van der Waals surface area contributed by atoms with Crippen molar-refractivity contribution in [2.24, 2.45) is 5.73 Å². The van der Waals surface area contributed by atoms with E-state index in [1.807, 2.05) is 0 Å². The Labute approximate surface area is 77.5 Å². The number of carbonyl (C=O) groups excluding carboxylic acids is 1.